The highest BCUT2D eigenvalue weighted by Gasteiger charge is 2.52. The van der Waals surface area contributed by atoms with Gasteiger partial charge in [0, 0.05) is 75.9 Å². The van der Waals surface area contributed by atoms with Crippen LogP contribution in [0.25, 0.3) is 0 Å². The van der Waals surface area contributed by atoms with Crippen LogP contribution >= 0.6 is 24.0 Å². The van der Waals surface area contributed by atoms with Crippen LogP contribution in [0.1, 0.15) is 82.1 Å². The molecule has 8 atom stereocenters. The van der Waals surface area contributed by atoms with Gasteiger partial charge < -0.3 is 48.9 Å². The second kappa shape index (κ2) is 22.1. The lowest BCUT2D eigenvalue weighted by Crippen LogP contribution is -2.62. The molecule has 60 heavy (non-hydrogen) atoms. The Hall–Kier alpha value is -4.91. The molecule has 15 nitrogen and oxygen atoms in total. The van der Waals surface area contributed by atoms with E-state index in [0.29, 0.717) is 23.7 Å². The van der Waals surface area contributed by atoms with Crippen LogP contribution in [-0.4, -0.2) is 88.9 Å². The fraction of sp³-hybridized carbons (Fsp3) is 0.442. The SMILES string of the molecule is CC(=O)Nc1ccc(SC[C@@H]2C[C@H](c3ccc(CO)cc3)OC(c3ccc(CNC(=S)C[C@@H]4O[C@H](COC(C)=O)[C@@H](OC(C)=O)[C@H](OC(C)=O)[C@H]4OC(C)=O)cc3)O2)cc1. The third-order valence-corrected chi connectivity index (χ3v) is 10.9. The van der Waals surface area contributed by atoms with E-state index < -0.39 is 60.7 Å². The number of hydrogen-bond acceptors (Lipinski definition) is 15. The summed E-state index contributed by atoms with van der Waals surface area (Å²) in [6, 6.07) is 23.0. The van der Waals surface area contributed by atoms with Crippen molar-refractivity contribution in [1.82, 2.24) is 5.32 Å². The largest absolute Gasteiger partial charge is 0.463 e. The lowest BCUT2D eigenvalue weighted by molar-refractivity contribution is -0.251. The van der Waals surface area contributed by atoms with Gasteiger partial charge in [0.25, 0.3) is 0 Å². The quantitative estimate of drug-likeness (QED) is 0.0716. The van der Waals surface area contributed by atoms with Crippen LogP contribution in [0.2, 0.25) is 0 Å². The van der Waals surface area contributed by atoms with Crippen molar-refractivity contribution in [2.45, 2.75) is 115 Å². The number of esters is 4. The first-order valence-corrected chi connectivity index (χ1v) is 20.7. The molecule has 2 saturated heterocycles. The number of benzene rings is 3. The smallest absolute Gasteiger partial charge is 0.303 e. The Kier molecular flexibility index (Phi) is 17.0. The van der Waals surface area contributed by atoms with Crippen LogP contribution in [0.15, 0.2) is 77.7 Å². The molecule has 0 aliphatic carbocycles. The number of carbonyl (C=O) groups is 5. The van der Waals surface area contributed by atoms with Gasteiger partial charge in [-0.3, -0.25) is 24.0 Å². The average molecular weight is 867 g/mol. The zero-order valence-electron chi connectivity index (χ0n) is 34.0. The van der Waals surface area contributed by atoms with Gasteiger partial charge in [0.2, 0.25) is 5.91 Å². The van der Waals surface area contributed by atoms with Gasteiger partial charge in [-0.05, 0) is 41.0 Å². The summed E-state index contributed by atoms with van der Waals surface area (Å²) >= 11 is 7.34. The second-order valence-electron chi connectivity index (χ2n) is 14.3. The number of hydrogen-bond donors (Lipinski definition) is 3. The zero-order chi connectivity index (χ0) is 43.3. The van der Waals surface area contributed by atoms with Crippen molar-refractivity contribution >= 4 is 64.4 Å². The van der Waals surface area contributed by atoms with E-state index in [0.717, 1.165) is 46.7 Å². The first-order valence-electron chi connectivity index (χ1n) is 19.3. The average Bonchev–Trinajstić information content (AvgIpc) is 3.20. The Bertz CT molecular complexity index is 1960. The molecule has 5 rings (SSSR count). The third kappa shape index (κ3) is 13.8. The van der Waals surface area contributed by atoms with Gasteiger partial charge in [0.1, 0.15) is 18.8 Å². The van der Waals surface area contributed by atoms with E-state index in [1.165, 1.54) is 20.8 Å². The molecule has 0 saturated carbocycles. The van der Waals surface area contributed by atoms with Crippen molar-refractivity contribution in [1.29, 1.82) is 0 Å². The van der Waals surface area contributed by atoms with Crippen molar-refractivity contribution in [2.24, 2.45) is 0 Å². The Balaban J connectivity index is 1.26. The molecule has 1 unspecified atom stereocenters. The molecule has 2 fully saturated rings. The van der Waals surface area contributed by atoms with Crippen LogP contribution in [0, 0.1) is 0 Å². The summed E-state index contributed by atoms with van der Waals surface area (Å²) in [6.45, 7) is 6.11. The number of aliphatic hydroxyl groups excluding tert-OH is 1. The predicted molar refractivity (Wildman–Crippen MR) is 222 cm³/mol. The summed E-state index contributed by atoms with van der Waals surface area (Å²) in [7, 11) is 0. The molecule has 3 aromatic rings. The highest BCUT2D eigenvalue weighted by molar-refractivity contribution is 7.99. The van der Waals surface area contributed by atoms with E-state index in [2.05, 4.69) is 10.6 Å². The first-order chi connectivity index (χ1) is 28.7. The molecule has 322 valence electrons. The van der Waals surface area contributed by atoms with Gasteiger partial charge in [-0.1, -0.05) is 60.7 Å². The fourth-order valence-corrected chi connectivity index (χ4v) is 7.94. The van der Waals surface area contributed by atoms with Gasteiger partial charge in [-0.2, -0.15) is 0 Å². The normalized spacial score (nSPS) is 23.7. The van der Waals surface area contributed by atoms with Gasteiger partial charge >= 0.3 is 23.9 Å². The molecule has 0 aromatic heterocycles. The number of nitrogens with one attached hydrogen (secondary N) is 2. The van der Waals surface area contributed by atoms with Crippen molar-refractivity contribution in [2.75, 3.05) is 17.7 Å². The maximum Gasteiger partial charge on any atom is 0.303 e. The molecule has 2 aliphatic rings. The third-order valence-electron chi connectivity index (χ3n) is 9.44. The number of aliphatic hydroxyl groups is 1. The minimum atomic E-state index is -1.28. The van der Waals surface area contributed by atoms with Gasteiger partial charge in [0.05, 0.1) is 23.8 Å². The molecule has 3 N–H and O–H groups in total. The summed E-state index contributed by atoms with van der Waals surface area (Å²) in [6.07, 6.45) is -6.27. The van der Waals surface area contributed by atoms with Gasteiger partial charge in [-0.25, -0.2) is 0 Å². The number of rotatable bonds is 16. The van der Waals surface area contributed by atoms with Crippen LogP contribution in [0.4, 0.5) is 5.69 Å². The van der Waals surface area contributed by atoms with Crippen LogP contribution in [-0.2, 0) is 70.3 Å². The number of ether oxygens (including phenoxy) is 7. The van der Waals surface area contributed by atoms with E-state index in [9.17, 15) is 29.1 Å². The summed E-state index contributed by atoms with van der Waals surface area (Å²) in [4.78, 5) is 61.0. The maximum absolute atomic E-state index is 12.2. The molecule has 0 spiro atoms. The van der Waals surface area contributed by atoms with E-state index in [1.54, 1.807) is 11.8 Å². The molecule has 0 radical (unpaired) electrons. The standard InChI is InChI=1S/C43H50N2O13S2/c1-24(47)45-33-14-16-35(17-15-33)60-23-34-18-36(31-10-8-30(21-46)9-11-31)58-43(56-34)32-12-6-29(7-13-32)20-44-39(59)19-37-40(53-26(3)49)42(55-28(5)51)41(54-27(4)50)38(57-37)22-52-25(2)48/h6-17,34,36-38,40-43,46H,18-23H2,1-5H3,(H,44,59)(H,45,47)/t34-,36+,37-,38+,40-,41+,42+,43?/m0/s1. The maximum atomic E-state index is 12.2. The van der Waals surface area contributed by atoms with Crippen molar-refractivity contribution in [3.8, 4) is 0 Å². The molecule has 1 amide bonds. The Morgan fingerprint density at radius 1 is 0.717 bits per heavy atom. The van der Waals surface area contributed by atoms with Crippen LogP contribution in [0.3, 0.4) is 0 Å². The summed E-state index contributed by atoms with van der Waals surface area (Å²) in [5.41, 5.74) is 4.19. The minimum Gasteiger partial charge on any atom is -0.463 e. The summed E-state index contributed by atoms with van der Waals surface area (Å²) in [5.74, 6) is -2.21. The minimum absolute atomic E-state index is 0.00969. The summed E-state index contributed by atoms with van der Waals surface area (Å²) < 4.78 is 41.0. The van der Waals surface area contributed by atoms with E-state index in [1.807, 2.05) is 72.8 Å². The second-order valence-corrected chi connectivity index (χ2v) is 15.9. The number of carbonyl (C=O) groups excluding carboxylic acids is 5. The van der Waals surface area contributed by atoms with Crippen molar-refractivity contribution in [3.05, 3.63) is 95.1 Å². The number of thioether (sulfide) groups is 1. The lowest BCUT2D eigenvalue weighted by Gasteiger charge is -2.44. The van der Waals surface area contributed by atoms with E-state index >= 15 is 0 Å². The van der Waals surface area contributed by atoms with E-state index in [4.69, 9.17) is 45.4 Å². The molecular formula is C43H50N2O13S2. The first kappa shape index (κ1) is 46.2. The van der Waals surface area contributed by atoms with Crippen molar-refractivity contribution in [3.63, 3.8) is 0 Å². The molecular weight excluding hydrogens is 817 g/mol. The molecule has 17 heteroatoms. The number of amides is 1. The monoisotopic (exact) mass is 866 g/mol. The van der Waals surface area contributed by atoms with Gasteiger partial charge in [0.15, 0.2) is 24.6 Å². The fourth-order valence-electron chi connectivity index (χ4n) is 6.78. The van der Waals surface area contributed by atoms with E-state index in [-0.39, 0.29) is 37.7 Å². The Morgan fingerprint density at radius 2 is 1.30 bits per heavy atom. The predicted octanol–water partition coefficient (Wildman–Crippen LogP) is 5.41. The number of anilines is 1. The molecule has 3 aromatic carbocycles. The van der Waals surface area contributed by atoms with Crippen molar-refractivity contribution < 1.29 is 62.2 Å². The zero-order valence-corrected chi connectivity index (χ0v) is 35.6. The topological polar surface area (TPSA) is 194 Å². The highest BCUT2D eigenvalue weighted by atomic mass is 32.2. The molecule has 0 bridgehead atoms. The number of thiocarbonyl (C=S) groups is 1. The molecule has 2 heterocycles. The van der Waals surface area contributed by atoms with Gasteiger partial charge in [-0.15, -0.1) is 11.8 Å². The Morgan fingerprint density at radius 3 is 1.88 bits per heavy atom. The van der Waals surface area contributed by atoms with Crippen LogP contribution in [0.5, 0.6) is 0 Å². The Labute approximate surface area is 358 Å². The highest BCUT2D eigenvalue weighted by Crippen LogP contribution is 2.40. The molecule has 2 aliphatic heterocycles. The lowest BCUT2D eigenvalue weighted by atomic mass is 9.92. The summed E-state index contributed by atoms with van der Waals surface area (Å²) in [5, 5.41) is 15.6. The van der Waals surface area contributed by atoms with Crippen LogP contribution < -0.4 is 10.6 Å².